The van der Waals surface area contributed by atoms with Gasteiger partial charge in [-0.15, -0.1) is 0 Å². The van der Waals surface area contributed by atoms with Crippen LogP contribution in [0.1, 0.15) is 31.2 Å². The van der Waals surface area contributed by atoms with Gasteiger partial charge in [0.25, 0.3) is 0 Å². The summed E-state index contributed by atoms with van der Waals surface area (Å²) >= 11 is 1.30. The van der Waals surface area contributed by atoms with Gasteiger partial charge in [0, 0.05) is 37.3 Å². The molecule has 2 aromatic heterocycles. The summed E-state index contributed by atoms with van der Waals surface area (Å²) in [5, 5.41) is 12.9. The number of thiazole rings is 1. The molecule has 7 nitrogen and oxygen atoms in total. The van der Waals surface area contributed by atoms with Gasteiger partial charge in [0.2, 0.25) is 0 Å². The minimum absolute atomic E-state index is 0.00790. The maximum atomic E-state index is 15.0. The fourth-order valence-electron chi connectivity index (χ4n) is 4.80. The monoisotopic (exact) mass is 471 g/mol. The molecule has 3 aromatic rings. The Labute approximate surface area is 193 Å². The first-order valence-electron chi connectivity index (χ1n) is 11.1. The zero-order valence-electron chi connectivity index (χ0n) is 17.9. The number of aliphatic hydroxyl groups excluding tert-OH is 1. The second kappa shape index (κ2) is 7.33. The highest BCUT2D eigenvalue weighted by atomic mass is 32.1. The molecule has 1 aliphatic heterocycles. The Hall–Kier alpha value is -2.85. The van der Waals surface area contributed by atoms with Crippen molar-refractivity contribution in [1.82, 2.24) is 14.9 Å². The molecule has 1 spiro atoms. The van der Waals surface area contributed by atoms with Gasteiger partial charge in [0.1, 0.15) is 5.82 Å². The molecule has 2 saturated carbocycles. The van der Waals surface area contributed by atoms with Crippen LogP contribution >= 0.6 is 11.3 Å². The number of hydrogen-bond acceptors (Lipinski definition) is 6. The van der Waals surface area contributed by atoms with Crippen LogP contribution in [0.2, 0.25) is 0 Å². The van der Waals surface area contributed by atoms with E-state index >= 15 is 0 Å². The van der Waals surface area contributed by atoms with Crippen molar-refractivity contribution >= 4 is 38.5 Å². The molecule has 0 bridgehead atoms. The SMILES string of the molecule is O=C(Nc1nc2cc(F)ccc2s1)N1CCN(c2ncc(C3(CO)CC3)cc2F)CC12CC2. The van der Waals surface area contributed by atoms with E-state index in [-0.39, 0.29) is 35.2 Å². The first-order chi connectivity index (χ1) is 15.9. The van der Waals surface area contributed by atoms with Gasteiger partial charge >= 0.3 is 6.03 Å². The normalized spacial score (nSPS) is 20.3. The third-order valence-electron chi connectivity index (χ3n) is 7.18. The fourth-order valence-corrected chi connectivity index (χ4v) is 5.64. The molecule has 0 unspecified atom stereocenters. The van der Waals surface area contributed by atoms with E-state index in [0.717, 1.165) is 35.9 Å². The quantitative estimate of drug-likeness (QED) is 0.604. The number of anilines is 2. The van der Waals surface area contributed by atoms with Crippen LogP contribution in [0.25, 0.3) is 10.2 Å². The summed E-state index contributed by atoms with van der Waals surface area (Å²) < 4.78 is 29.2. The van der Waals surface area contributed by atoms with E-state index in [4.69, 9.17) is 0 Å². The van der Waals surface area contributed by atoms with Crippen LogP contribution in [-0.2, 0) is 5.41 Å². The number of carbonyl (C=O) groups excluding carboxylic acids is 1. The van der Waals surface area contributed by atoms with Gasteiger partial charge < -0.3 is 14.9 Å². The molecule has 33 heavy (non-hydrogen) atoms. The molecule has 0 atom stereocenters. The maximum Gasteiger partial charge on any atom is 0.324 e. The number of piperazine rings is 1. The van der Waals surface area contributed by atoms with Crippen LogP contribution in [0.15, 0.2) is 30.5 Å². The average Bonchev–Trinajstić information content (AvgIpc) is 3.71. The van der Waals surface area contributed by atoms with E-state index in [9.17, 15) is 18.7 Å². The number of nitrogens with one attached hydrogen (secondary N) is 1. The van der Waals surface area contributed by atoms with E-state index in [2.05, 4.69) is 15.3 Å². The second-order valence-corrected chi connectivity index (χ2v) is 10.4. The molecule has 2 aliphatic carbocycles. The largest absolute Gasteiger partial charge is 0.395 e. The van der Waals surface area contributed by atoms with Crippen LogP contribution < -0.4 is 10.2 Å². The number of aliphatic hydroxyl groups is 1. The number of nitrogens with zero attached hydrogens (tertiary/aromatic N) is 4. The van der Waals surface area contributed by atoms with E-state index in [1.165, 1.54) is 29.5 Å². The average molecular weight is 472 g/mol. The number of benzene rings is 1. The Morgan fingerprint density at radius 3 is 2.70 bits per heavy atom. The molecule has 3 aliphatic rings. The molecule has 3 heterocycles. The molecule has 10 heteroatoms. The Balaban J connectivity index is 1.17. The van der Waals surface area contributed by atoms with Crippen LogP contribution in [0.3, 0.4) is 0 Å². The van der Waals surface area contributed by atoms with Gasteiger partial charge in [-0.1, -0.05) is 11.3 Å². The fraction of sp³-hybridized carbons (Fsp3) is 0.435. The van der Waals surface area contributed by atoms with Gasteiger partial charge in [-0.2, -0.15) is 0 Å². The Kier molecular flexibility index (Phi) is 4.60. The number of pyridine rings is 1. The summed E-state index contributed by atoms with van der Waals surface area (Å²) in [4.78, 5) is 25.5. The predicted octanol–water partition coefficient (Wildman–Crippen LogP) is 3.88. The standard InChI is InChI=1S/C23H23F2N5O2S/c24-15-1-2-18-17(10-15)27-20(33-18)28-21(32)30-8-7-29(12-23(30)5-6-23)19-16(25)9-14(11-26-19)22(13-31)3-4-22/h1-2,9-11,31H,3-8,12-13H2,(H,27,28,32). The van der Waals surface area contributed by atoms with Crippen molar-refractivity contribution in [1.29, 1.82) is 0 Å². The molecular formula is C23H23F2N5O2S. The van der Waals surface area contributed by atoms with Crippen molar-refractivity contribution in [2.75, 3.05) is 36.5 Å². The van der Waals surface area contributed by atoms with Crippen molar-refractivity contribution < 1.29 is 18.7 Å². The summed E-state index contributed by atoms with van der Waals surface area (Å²) in [7, 11) is 0. The zero-order valence-corrected chi connectivity index (χ0v) is 18.7. The van der Waals surface area contributed by atoms with Crippen molar-refractivity contribution in [3.8, 4) is 0 Å². The highest BCUT2D eigenvalue weighted by Crippen LogP contribution is 2.49. The van der Waals surface area contributed by atoms with E-state index in [1.807, 2.05) is 9.80 Å². The zero-order chi connectivity index (χ0) is 22.8. The summed E-state index contributed by atoms with van der Waals surface area (Å²) in [5.74, 6) is -0.453. The summed E-state index contributed by atoms with van der Waals surface area (Å²) in [6, 6.07) is 5.63. The lowest BCUT2D eigenvalue weighted by molar-refractivity contribution is 0.168. The van der Waals surface area contributed by atoms with E-state index in [1.54, 1.807) is 12.3 Å². The van der Waals surface area contributed by atoms with Gasteiger partial charge in [-0.3, -0.25) is 5.32 Å². The van der Waals surface area contributed by atoms with Crippen molar-refractivity contribution in [3.63, 3.8) is 0 Å². The first-order valence-corrected chi connectivity index (χ1v) is 11.9. The Bertz CT molecular complexity index is 1260. The van der Waals surface area contributed by atoms with Crippen LogP contribution in [0, 0.1) is 11.6 Å². The lowest BCUT2D eigenvalue weighted by Crippen LogP contribution is -2.58. The van der Waals surface area contributed by atoms with Crippen molar-refractivity contribution in [2.45, 2.75) is 36.6 Å². The van der Waals surface area contributed by atoms with E-state index < -0.39 is 0 Å². The molecule has 0 radical (unpaired) electrons. The Morgan fingerprint density at radius 2 is 2.00 bits per heavy atom. The summed E-state index contributed by atoms with van der Waals surface area (Å²) in [6.07, 6.45) is 5.07. The number of amides is 2. The third kappa shape index (κ3) is 3.52. The van der Waals surface area contributed by atoms with Gasteiger partial charge in [0.15, 0.2) is 16.8 Å². The number of hydrogen-bond donors (Lipinski definition) is 2. The minimum Gasteiger partial charge on any atom is -0.395 e. The highest BCUT2D eigenvalue weighted by Gasteiger charge is 2.54. The molecule has 2 N–H and O–H groups in total. The van der Waals surface area contributed by atoms with Crippen LogP contribution in [-0.4, -0.2) is 57.8 Å². The molecule has 1 saturated heterocycles. The lowest BCUT2D eigenvalue weighted by Gasteiger charge is -2.42. The Morgan fingerprint density at radius 1 is 1.18 bits per heavy atom. The summed E-state index contributed by atoms with van der Waals surface area (Å²) in [5.41, 5.74) is 0.593. The number of halogens is 2. The van der Waals surface area contributed by atoms with Crippen molar-refractivity contribution in [2.24, 2.45) is 0 Å². The number of carbonyl (C=O) groups is 1. The third-order valence-corrected chi connectivity index (χ3v) is 8.13. The topological polar surface area (TPSA) is 81.6 Å². The lowest BCUT2D eigenvalue weighted by atomic mass is 9.99. The minimum atomic E-state index is -0.386. The molecule has 3 fully saturated rings. The summed E-state index contributed by atoms with van der Waals surface area (Å²) in [6.45, 7) is 1.43. The van der Waals surface area contributed by atoms with E-state index in [0.29, 0.717) is 36.1 Å². The molecule has 6 rings (SSSR count). The second-order valence-electron chi connectivity index (χ2n) is 9.33. The van der Waals surface area contributed by atoms with Gasteiger partial charge in [-0.05, 0) is 49.4 Å². The molecular weight excluding hydrogens is 448 g/mol. The first kappa shape index (κ1) is 20.7. The van der Waals surface area contributed by atoms with Crippen molar-refractivity contribution in [3.05, 3.63) is 47.7 Å². The van der Waals surface area contributed by atoms with Gasteiger partial charge in [-0.25, -0.2) is 23.5 Å². The molecule has 172 valence electrons. The molecule has 1 aromatic carbocycles. The molecule has 2 amide bonds. The predicted molar refractivity (Wildman–Crippen MR) is 122 cm³/mol. The smallest absolute Gasteiger partial charge is 0.324 e. The van der Waals surface area contributed by atoms with Gasteiger partial charge in [0.05, 0.1) is 22.4 Å². The van der Waals surface area contributed by atoms with Crippen LogP contribution in [0.5, 0.6) is 0 Å². The van der Waals surface area contributed by atoms with Crippen LogP contribution in [0.4, 0.5) is 24.5 Å². The number of urea groups is 1. The highest BCUT2D eigenvalue weighted by molar-refractivity contribution is 7.22. The number of fused-ring (bicyclic) bond motifs is 1. The number of rotatable bonds is 4. The maximum absolute atomic E-state index is 15.0. The number of aromatic nitrogens is 2.